The van der Waals surface area contributed by atoms with Crippen molar-refractivity contribution < 1.29 is 9.53 Å². The Morgan fingerprint density at radius 1 is 1.70 bits per heavy atom. The zero-order chi connectivity index (χ0) is 7.82. The lowest BCUT2D eigenvalue weighted by molar-refractivity contribution is 0.200. The second-order valence-corrected chi connectivity index (χ2v) is 3.81. The molecule has 0 aliphatic rings. The van der Waals surface area contributed by atoms with Gasteiger partial charge in [-0.1, -0.05) is 10.8 Å². The molecule has 0 unspecified atom stereocenters. The Morgan fingerprint density at radius 3 is 2.90 bits per heavy atom. The highest BCUT2D eigenvalue weighted by Crippen LogP contribution is 2.21. The van der Waals surface area contributed by atoms with Crippen molar-refractivity contribution in [2.45, 2.75) is 0 Å². The van der Waals surface area contributed by atoms with Gasteiger partial charge in [0.1, 0.15) is 0 Å². The molecule has 0 rings (SSSR count). The van der Waals surface area contributed by atoms with Crippen molar-refractivity contribution in [2.24, 2.45) is 0 Å². The molecule has 0 heterocycles. The van der Waals surface area contributed by atoms with Gasteiger partial charge in [0.2, 0.25) is 0 Å². The summed E-state index contributed by atoms with van der Waals surface area (Å²) in [6.45, 7) is 0.911. The Hall–Kier alpha value is 0.130. The van der Waals surface area contributed by atoms with E-state index in [9.17, 15) is 4.79 Å². The van der Waals surface area contributed by atoms with Gasteiger partial charge in [-0.2, -0.15) is 0 Å². The van der Waals surface area contributed by atoms with Gasteiger partial charge in [-0.25, -0.2) is 4.79 Å². The number of hydrogen-bond donors (Lipinski definition) is 1. The molecule has 0 aromatic rings. The van der Waals surface area contributed by atoms with Crippen molar-refractivity contribution in [3.63, 3.8) is 0 Å². The van der Waals surface area contributed by atoms with Crippen molar-refractivity contribution in [1.29, 1.82) is 0 Å². The molecule has 0 bridgehead atoms. The number of hydrogen-bond acceptors (Lipinski definition) is 5. The summed E-state index contributed by atoms with van der Waals surface area (Å²) < 4.78 is 4.41. The molecular formula is C5H11NO2S2. The van der Waals surface area contributed by atoms with Gasteiger partial charge < -0.3 is 10.1 Å². The van der Waals surface area contributed by atoms with E-state index in [1.54, 1.807) is 0 Å². The molecule has 0 saturated carbocycles. The molecule has 0 aromatic carbocycles. The van der Waals surface area contributed by atoms with Crippen molar-refractivity contribution in [1.82, 2.24) is 5.32 Å². The molecule has 10 heavy (non-hydrogen) atoms. The Kier molecular flexibility index (Phi) is 7.33. The van der Waals surface area contributed by atoms with Crippen LogP contribution in [0.25, 0.3) is 0 Å². The Labute approximate surface area is 68.7 Å². The van der Waals surface area contributed by atoms with Crippen molar-refractivity contribution in [3.05, 3.63) is 0 Å². The fourth-order valence-corrected chi connectivity index (χ4v) is 1.80. The van der Waals surface area contributed by atoms with Gasteiger partial charge in [-0.05, 0) is 7.05 Å². The smallest absolute Gasteiger partial charge is 0.377 e. The van der Waals surface area contributed by atoms with Crippen LogP contribution in [0.1, 0.15) is 0 Å². The van der Waals surface area contributed by atoms with Crippen LogP contribution in [0.5, 0.6) is 0 Å². The molecule has 0 aliphatic carbocycles. The number of carbonyl (C=O) groups excluding carboxylic acids is 1. The number of rotatable bonds is 4. The van der Waals surface area contributed by atoms with E-state index in [0.29, 0.717) is 0 Å². The Morgan fingerprint density at radius 2 is 2.40 bits per heavy atom. The SMILES string of the molecule is CNCCSSC(=O)OC. The number of methoxy groups -OCH3 is 1. The average molecular weight is 181 g/mol. The monoisotopic (exact) mass is 181 g/mol. The average Bonchev–Trinajstić information content (AvgIpc) is 1.98. The summed E-state index contributed by atoms with van der Waals surface area (Å²) in [5, 5.41) is 2.74. The zero-order valence-corrected chi connectivity index (χ0v) is 7.68. The minimum Gasteiger partial charge on any atom is -0.460 e. The summed E-state index contributed by atoms with van der Waals surface area (Å²) in [7, 11) is 5.88. The molecule has 0 radical (unpaired) electrons. The summed E-state index contributed by atoms with van der Waals surface area (Å²) in [5.74, 6) is 0.913. The van der Waals surface area contributed by atoms with E-state index in [1.165, 1.54) is 17.9 Å². The molecule has 0 aliphatic heterocycles. The molecule has 60 valence electrons. The summed E-state index contributed by atoms with van der Waals surface area (Å²) in [6, 6.07) is 0. The third-order valence-corrected chi connectivity index (χ3v) is 2.78. The molecular weight excluding hydrogens is 170 g/mol. The van der Waals surface area contributed by atoms with Gasteiger partial charge >= 0.3 is 5.30 Å². The predicted octanol–water partition coefficient (Wildman–Crippen LogP) is 1.35. The van der Waals surface area contributed by atoms with Gasteiger partial charge in [-0.15, -0.1) is 0 Å². The fourth-order valence-electron chi connectivity index (χ4n) is 0.268. The largest absolute Gasteiger partial charge is 0.460 e. The van der Waals surface area contributed by atoms with E-state index >= 15 is 0 Å². The number of carbonyl (C=O) groups is 1. The standard InChI is InChI=1S/C5H11NO2S2/c1-6-3-4-9-10-5(7)8-2/h6H,3-4H2,1-2H3. The second kappa shape index (κ2) is 7.24. The molecule has 3 nitrogen and oxygen atoms in total. The quantitative estimate of drug-likeness (QED) is 0.402. The lowest BCUT2D eigenvalue weighted by Gasteiger charge is -1.96. The second-order valence-electron chi connectivity index (χ2n) is 1.46. The summed E-state index contributed by atoms with van der Waals surface area (Å²) in [4.78, 5) is 10.5. The van der Waals surface area contributed by atoms with Crippen LogP contribution in [0.3, 0.4) is 0 Å². The van der Waals surface area contributed by atoms with Crippen molar-refractivity contribution >= 4 is 26.9 Å². The van der Waals surface area contributed by atoms with E-state index in [0.717, 1.165) is 23.1 Å². The van der Waals surface area contributed by atoms with E-state index in [4.69, 9.17) is 0 Å². The first-order valence-electron chi connectivity index (χ1n) is 2.83. The molecule has 1 N–H and O–H groups in total. The van der Waals surface area contributed by atoms with Crippen LogP contribution in [-0.2, 0) is 4.74 Å². The van der Waals surface area contributed by atoms with E-state index in [-0.39, 0.29) is 5.30 Å². The van der Waals surface area contributed by atoms with Crippen molar-refractivity contribution in [3.8, 4) is 0 Å². The van der Waals surface area contributed by atoms with Gasteiger partial charge in [0, 0.05) is 23.1 Å². The number of nitrogens with one attached hydrogen (secondary N) is 1. The van der Waals surface area contributed by atoms with Gasteiger partial charge in [-0.3, -0.25) is 0 Å². The highest BCUT2D eigenvalue weighted by atomic mass is 33.1. The van der Waals surface area contributed by atoms with Crippen LogP contribution in [0.15, 0.2) is 0 Å². The molecule has 0 spiro atoms. The lowest BCUT2D eigenvalue weighted by atomic mass is 10.8. The third-order valence-electron chi connectivity index (χ3n) is 0.729. The zero-order valence-electron chi connectivity index (χ0n) is 6.05. The Balaban J connectivity index is 2.96. The molecule has 0 fully saturated rings. The maximum Gasteiger partial charge on any atom is 0.377 e. The lowest BCUT2D eigenvalue weighted by Crippen LogP contribution is -2.09. The third kappa shape index (κ3) is 6.25. The first kappa shape index (κ1) is 10.1. The van der Waals surface area contributed by atoms with Crippen LogP contribution < -0.4 is 5.32 Å². The van der Waals surface area contributed by atoms with Gasteiger partial charge in [0.05, 0.1) is 7.11 Å². The molecule has 0 atom stereocenters. The van der Waals surface area contributed by atoms with Crippen LogP contribution in [0.2, 0.25) is 0 Å². The Bertz CT molecular complexity index is 99.6. The minimum atomic E-state index is -0.235. The number of ether oxygens (including phenoxy) is 1. The van der Waals surface area contributed by atoms with Crippen LogP contribution in [-0.4, -0.2) is 31.8 Å². The van der Waals surface area contributed by atoms with Crippen molar-refractivity contribution in [2.75, 3.05) is 26.5 Å². The van der Waals surface area contributed by atoms with E-state index in [1.807, 2.05) is 7.05 Å². The minimum absolute atomic E-state index is 0.235. The van der Waals surface area contributed by atoms with Gasteiger partial charge in [0.15, 0.2) is 0 Å². The van der Waals surface area contributed by atoms with Crippen LogP contribution in [0.4, 0.5) is 4.79 Å². The maximum absolute atomic E-state index is 10.5. The molecule has 0 saturated heterocycles. The molecule has 5 heteroatoms. The highest BCUT2D eigenvalue weighted by molar-refractivity contribution is 8.82. The van der Waals surface area contributed by atoms with Gasteiger partial charge in [0.25, 0.3) is 0 Å². The molecule has 0 aromatic heterocycles. The van der Waals surface area contributed by atoms with E-state index in [2.05, 4.69) is 10.1 Å². The summed E-state index contributed by atoms with van der Waals surface area (Å²) in [5.41, 5.74) is 0. The van der Waals surface area contributed by atoms with E-state index < -0.39 is 0 Å². The topological polar surface area (TPSA) is 38.3 Å². The fraction of sp³-hybridized carbons (Fsp3) is 0.800. The first-order valence-corrected chi connectivity index (χ1v) is 5.15. The van der Waals surface area contributed by atoms with Crippen LogP contribution in [0, 0.1) is 0 Å². The molecule has 0 amide bonds. The summed E-state index contributed by atoms with van der Waals surface area (Å²) in [6.07, 6.45) is 0. The normalized spacial score (nSPS) is 9.40. The predicted molar refractivity (Wildman–Crippen MR) is 46.4 cm³/mol. The van der Waals surface area contributed by atoms with Crippen LogP contribution >= 0.6 is 21.6 Å². The maximum atomic E-state index is 10.5. The first-order chi connectivity index (χ1) is 4.81. The highest BCUT2D eigenvalue weighted by Gasteiger charge is 1.99. The summed E-state index contributed by atoms with van der Waals surface area (Å²) >= 11 is 0.